The minimum atomic E-state index is -1.50. The summed E-state index contributed by atoms with van der Waals surface area (Å²) in [6, 6.07) is 5.31. The molecule has 0 saturated carbocycles. The maximum atomic E-state index is 3.00. The molecule has 0 aromatic carbocycles. The Kier molecular flexibility index (Phi) is 8.06. The van der Waals surface area contributed by atoms with Crippen LogP contribution < -0.4 is 0 Å². The van der Waals surface area contributed by atoms with Crippen molar-refractivity contribution in [2.24, 2.45) is 0 Å². The van der Waals surface area contributed by atoms with Gasteiger partial charge in [-0.05, 0) is 58.9 Å². The summed E-state index contributed by atoms with van der Waals surface area (Å²) in [5, 5.41) is 0. The van der Waals surface area contributed by atoms with Gasteiger partial charge in [0.1, 0.15) is 0 Å². The van der Waals surface area contributed by atoms with Crippen LogP contribution >= 0.6 is 0 Å². The average molecular weight is 304 g/mol. The van der Waals surface area contributed by atoms with E-state index in [1.54, 1.807) is 0 Å². The van der Waals surface area contributed by atoms with Gasteiger partial charge >= 0.3 is 0 Å². The molecule has 0 atom stereocenters. The molecule has 19 heavy (non-hydrogen) atoms. The fourth-order valence-corrected chi connectivity index (χ4v) is 17.4. The Bertz CT molecular complexity index is 225. The third kappa shape index (κ3) is 3.32. The molecular weight excluding hydrogens is 266 g/mol. The van der Waals surface area contributed by atoms with Gasteiger partial charge in [0.2, 0.25) is 0 Å². The zero-order valence-electron chi connectivity index (χ0n) is 14.9. The van der Waals surface area contributed by atoms with Crippen LogP contribution in [0.1, 0.15) is 34.6 Å². The molecule has 0 N–H and O–H groups in total. The van der Waals surface area contributed by atoms with Crippen molar-refractivity contribution in [1.29, 1.82) is 0 Å². The van der Waals surface area contributed by atoms with Gasteiger partial charge in [0.05, 0.1) is 0 Å². The summed E-state index contributed by atoms with van der Waals surface area (Å²) in [5.41, 5.74) is 0. The summed E-state index contributed by atoms with van der Waals surface area (Å²) in [7, 11) is 6.22. The summed E-state index contributed by atoms with van der Waals surface area (Å²) in [6.07, 6.45) is 0. The molecule has 0 aliphatic carbocycles. The van der Waals surface area contributed by atoms with E-state index in [2.05, 4.69) is 76.2 Å². The molecule has 0 amide bonds. The molecule has 3 nitrogen and oxygen atoms in total. The van der Waals surface area contributed by atoms with Crippen LogP contribution in [-0.4, -0.2) is 64.9 Å². The SMILES string of the molecule is CCN([Si](CC)(CC)N(C)C)[Si](CC)(CC)N(C)C. The summed E-state index contributed by atoms with van der Waals surface area (Å²) >= 11 is 0. The first-order valence-electron chi connectivity index (χ1n) is 7.95. The van der Waals surface area contributed by atoms with Crippen LogP contribution in [0.4, 0.5) is 0 Å². The molecular formula is C14H37N3Si2. The van der Waals surface area contributed by atoms with Gasteiger partial charge < -0.3 is 13.4 Å². The van der Waals surface area contributed by atoms with Gasteiger partial charge in [-0.3, -0.25) is 0 Å². The maximum absolute atomic E-state index is 3.00. The minimum Gasteiger partial charge on any atom is -0.321 e. The Balaban J connectivity index is 5.82. The van der Waals surface area contributed by atoms with Crippen LogP contribution in [0.5, 0.6) is 0 Å². The van der Waals surface area contributed by atoms with Crippen LogP contribution in [0.25, 0.3) is 0 Å². The number of rotatable bonds is 9. The van der Waals surface area contributed by atoms with Gasteiger partial charge in [-0.2, -0.15) is 0 Å². The molecule has 0 aliphatic heterocycles. The Labute approximate surface area is 124 Å². The Morgan fingerprint density at radius 2 is 0.842 bits per heavy atom. The van der Waals surface area contributed by atoms with Gasteiger partial charge in [-0.1, -0.05) is 34.6 Å². The van der Waals surface area contributed by atoms with Gasteiger partial charge in [0, 0.05) is 0 Å². The van der Waals surface area contributed by atoms with E-state index in [1.165, 1.54) is 30.7 Å². The van der Waals surface area contributed by atoms with Gasteiger partial charge in [-0.15, -0.1) is 0 Å². The topological polar surface area (TPSA) is 9.72 Å². The fourth-order valence-electron chi connectivity index (χ4n) is 3.99. The molecule has 0 radical (unpaired) electrons. The highest BCUT2D eigenvalue weighted by Gasteiger charge is 2.50. The third-order valence-corrected chi connectivity index (χ3v) is 18.3. The van der Waals surface area contributed by atoms with Crippen molar-refractivity contribution in [3.63, 3.8) is 0 Å². The highest BCUT2D eigenvalue weighted by Crippen LogP contribution is 2.33. The molecule has 0 fully saturated rings. The zero-order valence-corrected chi connectivity index (χ0v) is 16.9. The molecule has 0 saturated heterocycles. The fraction of sp³-hybridized carbons (Fsp3) is 1.00. The van der Waals surface area contributed by atoms with Crippen LogP contribution in [0, 0.1) is 0 Å². The molecule has 5 heteroatoms. The van der Waals surface area contributed by atoms with Crippen molar-refractivity contribution < 1.29 is 0 Å². The number of hydrogen-bond donors (Lipinski definition) is 0. The van der Waals surface area contributed by atoms with E-state index in [1.807, 2.05) is 0 Å². The Morgan fingerprint density at radius 3 is 0.947 bits per heavy atom. The van der Waals surface area contributed by atoms with Gasteiger partial charge in [0.15, 0.2) is 16.8 Å². The molecule has 0 spiro atoms. The highest BCUT2D eigenvalue weighted by molar-refractivity contribution is 6.90. The lowest BCUT2D eigenvalue weighted by atomic mass is 10.8. The predicted molar refractivity (Wildman–Crippen MR) is 93.2 cm³/mol. The van der Waals surface area contributed by atoms with Gasteiger partial charge in [-0.25, -0.2) is 0 Å². The summed E-state index contributed by atoms with van der Waals surface area (Å²) < 4.78 is 8.18. The lowest BCUT2D eigenvalue weighted by Gasteiger charge is -2.56. The van der Waals surface area contributed by atoms with Crippen molar-refractivity contribution in [2.75, 3.05) is 34.7 Å². The Hall–Kier alpha value is 0.314. The van der Waals surface area contributed by atoms with E-state index in [4.69, 9.17) is 0 Å². The molecule has 0 bridgehead atoms. The van der Waals surface area contributed by atoms with Crippen molar-refractivity contribution in [1.82, 2.24) is 13.4 Å². The second-order valence-corrected chi connectivity index (χ2v) is 16.0. The van der Waals surface area contributed by atoms with E-state index in [-0.39, 0.29) is 0 Å². The molecule has 0 aromatic rings. The molecule has 116 valence electrons. The van der Waals surface area contributed by atoms with E-state index in [0.29, 0.717) is 0 Å². The summed E-state index contributed by atoms with van der Waals surface area (Å²) in [4.78, 5) is 0. The molecule has 0 unspecified atom stereocenters. The highest BCUT2D eigenvalue weighted by atomic mass is 28.4. The van der Waals surface area contributed by atoms with Crippen molar-refractivity contribution in [3.05, 3.63) is 0 Å². The van der Waals surface area contributed by atoms with Crippen LogP contribution in [0.3, 0.4) is 0 Å². The molecule has 0 aromatic heterocycles. The average Bonchev–Trinajstić information content (AvgIpc) is 2.39. The largest absolute Gasteiger partial charge is 0.321 e. The normalized spacial score (nSPS) is 13.9. The number of hydrogen-bond acceptors (Lipinski definition) is 3. The first kappa shape index (κ1) is 19.3. The van der Waals surface area contributed by atoms with E-state index >= 15 is 0 Å². The lowest BCUT2D eigenvalue weighted by Crippen LogP contribution is -2.75. The van der Waals surface area contributed by atoms with Crippen LogP contribution in [-0.2, 0) is 0 Å². The third-order valence-electron chi connectivity index (χ3n) is 5.25. The summed E-state index contributed by atoms with van der Waals surface area (Å²) in [6.45, 7) is 13.2. The van der Waals surface area contributed by atoms with E-state index < -0.39 is 16.8 Å². The van der Waals surface area contributed by atoms with Gasteiger partial charge in [0.25, 0.3) is 0 Å². The van der Waals surface area contributed by atoms with E-state index in [9.17, 15) is 0 Å². The second-order valence-electron chi connectivity index (χ2n) is 5.91. The summed E-state index contributed by atoms with van der Waals surface area (Å²) in [5.74, 6) is 0. The molecule has 0 heterocycles. The maximum Gasteiger partial charge on any atom is 0.200 e. The van der Waals surface area contributed by atoms with Crippen molar-refractivity contribution in [3.8, 4) is 0 Å². The lowest BCUT2D eigenvalue weighted by molar-refractivity contribution is 0.438. The second kappa shape index (κ2) is 7.93. The number of nitrogens with zero attached hydrogens (tertiary/aromatic N) is 3. The monoisotopic (exact) mass is 303 g/mol. The standard InChI is InChI=1S/C14H37N3Si2/c1-10-17(18(11-2,12-3)15(6)7)19(13-4,14-5)16(8)9/h10-14H2,1-9H3. The smallest absolute Gasteiger partial charge is 0.200 e. The van der Waals surface area contributed by atoms with Crippen molar-refractivity contribution in [2.45, 2.75) is 58.8 Å². The Morgan fingerprint density at radius 1 is 0.579 bits per heavy atom. The predicted octanol–water partition coefficient (Wildman–Crippen LogP) is 3.40. The minimum absolute atomic E-state index is 1.21. The quantitative estimate of drug-likeness (QED) is 0.605. The first-order valence-corrected chi connectivity index (χ1v) is 12.6. The molecule has 0 rings (SSSR count). The van der Waals surface area contributed by atoms with E-state index in [0.717, 1.165) is 0 Å². The van der Waals surface area contributed by atoms with Crippen molar-refractivity contribution >= 4 is 16.8 Å². The first-order chi connectivity index (χ1) is 8.82. The van der Waals surface area contributed by atoms with Crippen LogP contribution in [0.15, 0.2) is 0 Å². The van der Waals surface area contributed by atoms with Crippen LogP contribution in [0.2, 0.25) is 24.2 Å². The molecule has 0 aliphatic rings. The zero-order chi connectivity index (χ0) is 15.3.